The Kier molecular flexibility index (Phi) is 9.06. The first-order chi connectivity index (χ1) is 9.74. The molecule has 0 radical (unpaired) electrons. The third-order valence-corrected chi connectivity index (χ3v) is 2.52. The number of guanidine groups is 2. The van der Waals surface area contributed by atoms with Crippen LogP contribution in [0.1, 0.15) is 0 Å². The van der Waals surface area contributed by atoms with E-state index in [9.17, 15) is 4.79 Å². The van der Waals surface area contributed by atoms with E-state index in [1.807, 2.05) is 0 Å². The highest BCUT2D eigenvalue weighted by Crippen LogP contribution is 1.85. The molecule has 0 aromatic rings. The molecular weight excluding hydrogens is 272 g/mol. The maximum Gasteiger partial charge on any atom is 0.239 e. The first kappa shape index (κ1) is 19.1. The minimum Gasteiger partial charge on any atom is -0.358 e. The molecule has 21 heavy (non-hydrogen) atoms. The van der Waals surface area contributed by atoms with Crippen molar-refractivity contribution in [2.45, 2.75) is 0 Å². The molecule has 0 aromatic carbocycles. The number of carbonyl (C=O) groups excluding carboxylic acids is 1. The van der Waals surface area contributed by atoms with Crippen molar-refractivity contribution in [3.63, 3.8) is 0 Å². The van der Waals surface area contributed by atoms with Crippen LogP contribution < -0.4 is 26.6 Å². The van der Waals surface area contributed by atoms with Gasteiger partial charge in [0, 0.05) is 26.7 Å². The van der Waals surface area contributed by atoms with Gasteiger partial charge in [-0.1, -0.05) is 0 Å². The standard InChI is InChI=1S/C12H28N8O/c1-15-10(21)9-18-12(14)19-11(13)17-6-5-16-7-8-20(2,3)4/h16H,5-9H2,1-4H3,(H5-,13,14,15,17,18,19,21)/p+1. The van der Waals surface area contributed by atoms with E-state index in [2.05, 4.69) is 47.7 Å². The van der Waals surface area contributed by atoms with Gasteiger partial charge in [-0.2, -0.15) is 0 Å². The summed E-state index contributed by atoms with van der Waals surface area (Å²) in [6.07, 6.45) is 0. The van der Waals surface area contributed by atoms with Crippen LogP contribution >= 0.6 is 0 Å². The van der Waals surface area contributed by atoms with Gasteiger partial charge in [-0.3, -0.25) is 20.9 Å². The highest BCUT2D eigenvalue weighted by molar-refractivity contribution is 5.96. The minimum absolute atomic E-state index is 0.00220. The molecule has 0 heterocycles. The van der Waals surface area contributed by atoms with E-state index in [-0.39, 0.29) is 24.4 Å². The van der Waals surface area contributed by atoms with Crippen molar-refractivity contribution in [2.75, 3.05) is 60.9 Å². The second-order valence-electron chi connectivity index (χ2n) is 5.59. The quantitative estimate of drug-likeness (QED) is 0.117. The highest BCUT2D eigenvalue weighted by Gasteiger charge is 2.05. The maximum absolute atomic E-state index is 11.0. The lowest BCUT2D eigenvalue weighted by Gasteiger charge is -2.23. The summed E-state index contributed by atoms with van der Waals surface area (Å²) in [5.74, 6) is -0.283. The molecule has 0 unspecified atom stereocenters. The van der Waals surface area contributed by atoms with Gasteiger partial charge in [0.25, 0.3) is 0 Å². The van der Waals surface area contributed by atoms with Crippen molar-refractivity contribution in [3.8, 4) is 0 Å². The van der Waals surface area contributed by atoms with Crippen molar-refractivity contribution in [2.24, 2.45) is 0 Å². The minimum atomic E-state index is -0.220. The van der Waals surface area contributed by atoms with Crippen LogP contribution in [0.3, 0.4) is 0 Å². The molecule has 0 saturated carbocycles. The number of hydrogen-bond donors (Lipinski definition) is 7. The Bertz CT molecular complexity index is 350. The van der Waals surface area contributed by atoms with Gasteiger partial charge in [-0.05, 0) is 0 Å². The maximum atomic E-state index is 11.0. The van der Waals surface area contributed by atoms with E-state index in [1.165, 1.54) is 7.05 Å². The number of quaternary nitrogens is 1. The van der Waals surface area contributed by atoms with Gasteiger partial charge in [-0.15, -0.1) is 0 Å². The number of nitrogens with one attached hydrogen (secondary N) is 7. The first-order valence-corrected chi connectivity index (χ1v) is 6.88. The fourth-order valence-electron chi connectivity index (χ4n) is 1.29. The summed E-state index contributed by atoms with van der Waals surface area (Å²) in [6, 6.07) is 0. The fourth-order valence-corrected chi connectivity index (χ4v) is 1.29. The van der Waals surface area contributed by atoms with Crippen molar-refractivity contribution >= 4 is 17.8 Å². The van der Waals surface area contributed by atoms with E-state index >= 15 is 0 Å². The number of hydrogen-bond acceptors (Lipinski definition) is 4. The molecule has 0 aliphatic rings. The number of rotatable bonds is 8. The Hall–Kier alpha value is -1.87. The Balaban J connectivity index is 3.58. The lowest BCUT2D eigenvalue weighted by molar-refractivity contribution is -0.869. The second kappa shape index (κ2) is 9.94. The second-order valence-corrected chi connectivity index (χ2v) is 5.59. The molecule has 0 atom stereocenters. The van der Waals surface area contributed by atoms with Crippen LogP contribution in [0.4, 0.5) is 0 Å². The van der Waals surface area contributed by atoms with E-state index in [0.29, 0.717) is 6.54 Å². The van der Waals surface area contributed by atoms with Crippen LogP contribution in [0.25, 0.3) is 0 Å². The SMILES string of the molecule is CNC(=O)CNC(=N)NC(=N)NCCNCC[N+](C)(C)C. The largest absolute Gasteiger partial charge is 0.358 e. The predicted molar refractivity (Wildman–Crippen MR) is 84.4 cm³/mol. The molecule has 0 aliphatic heterocycles. The topological polar surface area (TPSA) is 125 Å². The lowest BCUT2D eigenvalue weighted by Crippen LogP contribution is -2.49. The highest BCUT2D eigenvalue weighted by atomic mass is 16.1. The van der Waals surface area contributed by atoms with Gasteiger partial charge >= 0.3 is 0 Å². The van der Waals surface area contributed by atoms with E-state index in [4.69, 9.17) is 10.8 Å². The molecule has 9 heteroatoms. The van der Waals surface area contributed by atoms with Gasteiger partial charge in [0.1, 0.15) is 0 Å². The zero-order valence-corrected chi connectivity index (χ0v) is 13.4. The first-order valence-electron chi connectivity index (χ1n) is 6.88. The van der Waals surface area contributed by atoms with Crippen LogP contribution in [0, 0.1) is 10.8 Å². The van der Waals surface area contributed by atoms with Crippen LogP contribution in [0.5, 0.6) is 0 Å². The van der Waals surface area contributed by atoms with Gasteiger partial charge in [0.15, 0.2) is 11.9 Å². The van der Waals surface area contributed by atoms with Crippen LogP contribution in [0.15, 0.2) is 0 Å². The molecule has 0 saturated heterocycles. The number of likely N-dealkylation sites (N-methyl/N-ethyl adjacent to an activating group) is 2. The van der Waals surface area contributed by atoms with E-state index in [0.717, 1.165) is 24.1 Å². The van der Waals surface area contributed by atoms with Crippen LogP contribution in [0.2, 0.25) is 0 Å². The third-order valence-electron chi connectivity index (χ3n) is 2.52. The molecule has 0 aliphatic carbocycles. The summed E-state index contributed by atoms with van der Waals surface area (Å²) in [5, 5.41) is 28.7. The van der Waals surface area contributed by atoms with Gasteiger partial charge < -0.3 is 25.8 Å². The normalized spacial score (nSPS) is 10.7. The summed E-state index contributed by atoms with van der Waals surface area (Å²) >= 11 is 0. The Morgan fingerprint density at radius 2 is 1.62 bits per heavy atom. The smallest absolute Gasteiger partial charge is 0.239 e. The van der Waals surface area contributed by atoms with E-state index in [1.54, 1.807) is 0 Å². The van der Waals surface area contributed by atoms with Crippen molar-refractivity contribution in [1.82, 2.24) is 26.6 Å². The number of carbonyl (C=O) groups is 1. The molecule has 0 aromatic heterocycles. The van der Waals surface area contributed by atoms with E-state index < -0.39 is 0 Å². The van der Waals surface area contributed by atoms with Gasteiger partial charge in [0.2, 0.25) is 5.91 Å². The number of amides is 1. The average Bonchev–Trinajstić information content (AvgIpc) is 2.38. The van der Waals surface area contributed by atoms with Crippen LogP contribution in [-0.2, 0) is 4.79 Å². The fraction of sp³-hybridized carbons (Fsp3) is 0.750. The predicted octanol–water partition coefficient (Wildman–Crippen LogP) is -2.33. The third kappa shape index (κ3) is 12.9. The van der Waals surface area contributed by atoms with Gasteiger partial charge in [0.05, 0.1) is 34.2 Å². The molecular formula is C12H29N8O+. The molecule has 1 amide bonds. The van der Waals surface area contributed by atoms with Crippen molar-refractivity contribution in [3.05, 3.63) is 0 Å². The summed E-state index contributed by atoms with van der Waals surface area (Å²) < 4.78 is 0.909. The Labute approximate surface area is 126 Å². The summed E-state index contributed by atoms with van der Waals surface area (Å²) in [4.78, 5) is 11.0. The summed E-state index contributed by atoms with van der Waals surface area (Å²) in [7, 11) is 7.93. The zero-order valence-electron chi connectivity index (χ0n) is 13.4. The lowest BCUT2D eigenvalue weighted by atomic mass is 10.5. The molecule has 0 spiro atoms. The van der Waals surface area contributed by atoms with Crippen molar-refractivity contribution < 1.29 is 9.28 Å². The molecule has 0 rings (SSSR count). The zero-order chi connectivity index (χ0) is 16.3. The molecule has 7 N–H and O–H groups in total. The average molecular weight is 301 g/mol. The van der Waals surface area contributed by atoms with Crippen LogP contribution in [-0.4, -0.2) is 83.2 Å². The summed E-state index contributed by atoms with van der Waals surface area (Å²) in [6.45, 7) is 3.27. The van der Waals surface area contributed by atoms with Crippen molar-refractivity contribution in [1.29, 1.82) is 10.8 Å². The molecule has 0 bridgehead atoms. The monoisotopic (exact) mass is 301 g/mol. The molecule has 122 valence electrons. The Morgan fingerprint density at radius 1 is 1.00 bits per heavy atom. The number of nitrogens with zero attached hydrogens (tertiary/aromatic N) is 1. The Morgan fingerprint density at radius 3 is 2.19 bits per heavy atom. The molecule has 9 nitrogen and oxygen atoms in total. The van der Waals surface area contributed by atoms with Gasteiger partial charge in [-0.25, -0.2) is 0 Å². The molecule has 0 fully saturated rings. The summed E-state index contributed by atoms with van der Waals surface area (Å²) in [5.41, 5.74) is 0.